The molecule has 0 aliphatic carbocycles. The Bertz CT molecular complexity index is 762. The maximum Gasteiger partial charge on any atom is 0.340 e. The van der Waals surface area contributed by atoms with Crippen LogP contribution < -0.4 is 11.1 Å². The molecule has 0 atom stereocenters. The highest BCUT2D eigenvalue weighted by Gasteiger charge is 2.14. The van der Waals surface area contributed by atoms with Crippen LogP contribution in [0.5, 0.6) is 5.75 Å². The van der Waals surface area contributed by atoms with Crippen molar-refractivity contribution in [1.82, 2.24) is 0 Å². The molecule has 2 rings (SSSR count). The van der Waals surface area contributed by atoms with E-state index < -0.39 is 18.5 Å². The number of nitrogens with two attached hydrogens (primary N) is 1. The molecule has 4 N–H and O–H groups in total. The first kappa shape index (κ1) is 17.1. The number of hydrogen-bond acceptors (Lipinski definition) is 5. The normalized spacial score (nSPS) is 10.2. The van der Waals surface area contributed by atoms with E-state index in [2.05, 4.69) is 27.9 Å². The average Bonchev–Trinajstić information content (AvgIpc) is 2.50. The number of ether oxygens (including phenoxy) is 1. The number of halogens is 1. The predicted octanol–water partition coefficient (Wildman–Crippen LogP) is 2.68. The summed E-state index contributed by atoms with van der Waals surface area (Å²) in [5.74, 6) is -1.33. The molecule has 0 fully saturated rings. The van der Waals surface area contributed by atoms with Crippen molar-refractivity contribution in [2.45, 2.75) is 6.92 Å². The Labute approximate surface area is 146 Å². The van der Waals surface area contributed by atoms with Crippen molar-refractivity contribution >= 4 is 45.8 Å². The highest BCUT2D eigenvalue weighted by atomic mass is 127. The number of nitrogens with one attached hydrogen (secondary N) is 1. The summed E-state index contributed by atoms with van der Waals surface area (Å²) in [6.45, 7) is 1.43. The van der Waals surface area contributed by atoms with Gasteiger partial charge in [0.2, 0.25) is 0 Å². The zero-order chi connectivity index (χ0) is 17.0. The summed E-state index contributed by atoms with van der Waals surface area (Å²) >= 11 is 2.18. The standard InChI is InChI=1S/C16H15IN2O4/c1-9-6-10(17)2-5-14(9)19-15(21)8-23-16(22)12-7-11(20)3-4-13(12)18/h2-7,20H,8,18H2,1H3,(H,19,21). The lowest BCUT2D eigenvalue weighted by molar-refractivity contribution is -0.119. The molecule has 0 spiro atoms. The Morgan fingerprint density at radius 3 is 2.70 bits per heavy atom. The van der Waals surface area contributed by atoms with E-state index in [1.807, 2.05) is 19.1 Å². The molecular weight excluding hydrogens is 411 g/mol. The van der Waals surface area contributed by atoms with Gasteiger partial charge in [-0.25, -0.2) is 4.79 Å². The van der Waals surface area contributed by atoms with Crippen molar-refractivity contribution in [2.24, 2.45) is 0 Å². The topological polar surface area (TPSA) is 102 Å². The van der Waals surface area contributed by atoms with Crippen molar-refractivity contribution in [1.29, 1.82) is 0 Å². The minimum Gasteiger partial charge on any atom is -0.508 e. The number of rotatable bonds is 4. The maximum atomic E-state index is 11.9. The number of aromatic hydroxyl groups is 1. The van der Waals surface area contributed by atoms with E-state index in [-0.39, 0.29) is 17.0 Å². The second-order valence-corrected chi connectivity index (χ2v) is 6.10. The van der Waals surface area contributed by atoms with Gasteiger partial charge in [-0.2, -0.15) is 0 Å². The fraction of sp³-hybridized carbons (Fsp3) is 0.125. The Hall–Kier alpha value is -2.29. The Morgan fingerprint density at radius 1 is 1.26 bits per heavy atom. The van der Waals surface area contributed by atoms with E-state index in [4.69, 9.17) is 10.5 Å². The zero-order valence-electron chi connectivity index (χ0n) is 12.3. The van der Waals surface area contributed by atoms with Gasteiger partial charge in [-0.15, -0.1) is 0 Å². The molecule has 0 radical (unpaired) electrons. The monoisotopic (exact) mass is 426 g/mol. The van der Waals surface area contributed by atoms with Gasteiger partial charge in [0.25, 0.3) is 5.91 Å². The molecule has 0 aliphatic heterocycles. The van der Waals surface area contributed by atoms with E-state index in [1.54, 1.807) is 6.07 Å². The van der Waals surface area contributed by atoms with Crippen LogP contribution in [-0.4, -0.2) is 23.6 Å². The minimum absolute atomic E-state index is 0.0169. The number of carbonyl (C=O) groups is 2. The van der Waals surface area contributed by atoms with Crippen LogP contribution in [0.15, 0.2) is 36.4 Å². The number of benzene rings is 2. The third kappa shape index (κ3) is 4.59. The fourth-order valence-electron chi connectivity index (χ4n) is 1.88. The molecule has 0 bridgehead atoms. The lowest BCUT2D eigenvalue weighted by Crippen LogP contribution is -2.21. The van der Waals surface area contributed by atoms with E-state index in [9.17, 15) is 14.7 Å². The van der Waals surface area contributed by atoms with Crippen molar-refractivity contribution in [3.8, 4) is 5.75 Å². The average molecular weight is 426 g/mol. The Morgan fingerprint density at radius 2 is 2.00 bits per heavy atom. The second kappa shape index (κ2) is 7.32. The summed E-state index contributed by atoms with van der Waals surface area (Å²) in [5, 5.41) is 12.0. The van der Waals surface area contributed by atoms with Gasteiger partial charge in [-0.3, -0.25) is 4.79 Å². The molecule has 120 valence electrons. The quantitative estimate of drug-likeness (QED) is 0.302. The molecule has 0 unspecified atom stereocenters. The van der Waals surface area contributed by atoms with Crippen LogP contribution in [0.2, 0.25) is 0 Å². The van der Waals surface area contributed by atoms with Gasteiger partial charge in [-0.1, -0.05) is 0 Å². The van der Waals surface area contributed by atoms with Crippen molar-refractivity contribution in [3.05, 3.63) is 51.1 Å². The number of hydrogen-bond donors (Lipinski definition) is 3. The highest BCUT2D eigenvalue weighted by molar-refractivity contribution is 14.1. The molecule has 1 amide bonds. The van der Waals surface area contributed by atoms with Gasteiger partial charge < -0.3 is 20.9 Å². The number of esters is 1. The van der Waals surface area contributed by atoms with Crippen LogP contribution in [0.4, 0.5) is 11.4 Å². The number of phenols is 1. The summed E-state index contributed by atoms with van der Waals surface area (Å²) in [5.41, 5.74) is 7.39. The summed E-state index contributed by atoms with van der Waals surface area (Å²) in [6, 6.07) is 9.51. The molecule has 0 heterocycles. The number of nitrogen functional groups attached to an aromatic ring is 1. The molecule has 2 aromatic rings. The van der Waals surface area contributed by atoms with E-state index in [1.165, 1.54) is 18.2 Å². The molecule has 0 saturated heterocycles. The van der Waals surface area contributed by atoms with Crippen molar-refractivity contribution in [3.63, 3.8) is 0 Å². The first-order valence-corrected chi connectivity index (χ1v) is 7.76. The van der Waals surface area contributed by atoms with Gasteiger partial charge >= 0.3 is 5.97 Å². The SMILES string of the molecule is Cc1cc(I)ccc1NC(=O)COC(=O)c1cc(O)ccc1N. The van der Waals surface area contributed by atoms with Gasteiger partial charge in [-0.05, 0) is 71.5 Å². The third-order valence-electron chi connectivity index (χ3n) is 3.05. The smallest absolute Gasteiger partial charge is 0.340 e. The lowest BCUT2D eigenvalue weighted by Gasteiger charge is -2.10. The van der Waals surface area contributed by atoms with E-state index in [0.29, 0.717) is 5.69 Å². The number of phenolic OH excluding ortho intramolecular Hbond substituents is 1. The largest absolute Gasteiger partial charge is 0.508 e. The minimum atomic E-state index is -0.770. The third-order valence-corrected chi connectivity index (χ3v) is 3.72. The lowest BCUT2D eigenvalue weighted by atomic mass is 10.2. The maximum absolute atomic E-state index is 11.9. The Balaban J connectivity index is 1.96. The summed E-state index contributed by atoms with van der Waals surface area (Å²) in [6.07, 6.45) is 0. The molecule has 23 heavy (non-hydrogen) atoms. The molecule has 0 aromatic heterocycles. The summed E-state index contributed by atoms with van der Waals surface area (Å²) < 4.78 is 5.98. The summed E-state index contributed by atoms with van der Waals surface area (Å²) in [7, 11) is 0. The van der Waals surface area contributed by atoms with Crippen molar-refractivity contribution < 1.29 is 19.4 Å². The molecule has 7 heteroatoms. The van der Waals surface area contributed by atoms with Crippen LogP contribution >= 0.6 is 22.6 Å². The molecule has 6 nitrogen and oxygen atoms in total. The number of amides is 1. The summed E-state index contributed by atoms with van der Waals surface area (Å²) in [4.78, 5) is 23.8. The number of carbonyl (C=O) groups excluding carboxylic acids is 2. The number of anilines is 2. The van der Waals surface area contributed by atoms with Crippen LogP contribution in [0.1, 0.15) is 15.9 Å². The number of aryl methyl sites for hydroxylation is 1. The van der Waals surface area contributed by atoms with Crippen LogP contribution in [0.3, 0.4) is 0 Å². The fourth-order valence-corrected chi connectivity index (χ4v) is 2.53. The Kier molecular flexibility index (Phi) is 5.43. The van der Waals surface area contributed by atoms with Gasteiger partial charge in [0, 0.05) is 14.9 Å². The molecule has 2 aromatic carbocycles. The van der Waals surface area contributed by atoms with Crippen LogP contribution in [0.25, 0.3) is 0 Å². The first-order valence-electron chi connectivity index (χ1n) is 6.68. The first-order chi connectivity index (χ1) is 10.9. The van der Waals surface area contributed by atoms with Crippen molar-refractivity contribution in [2.75, 3.05) is 17.7 Å². The van der Waals surface area contributed by atoms with Gasteiger partial charge in [0.1, 0.15) is 5.75 Å². The predicted molar refractivity (Wildman–Crippen MR) is 95.3 cm³/mol. The zero-order valence-corrected chi connectivity index (χ0v) is 14.5. The van der Waals surface area contributed by atoms with Gasteiger partial charge in [0.05, 0.1) is 5.56 Å². The highest BCUT2D eigenvalue weighted by Crippen LogP contribution is 2.20. The van der Waals surface area contributed by atoms with Gasteiger partial charge in [0.15, 0.2) is 6.61 Å². The second-order valence-electron chi connectivity index (χ2n) is 4.86. The van der Waals surface area contributed by atoms with Crippen LogP contribution in [0, 0.1) is 10.5 Å². The molecule has 0 saturated carbocycles. The van der Waals surface area contributed by atoms with Crippen LogP contribution in [-0.2, 0) is 9.53 Å². The molecular formula is C16H15IN2O4. The molecule has 0 aliphatic rings. The van der Waals surface area contributed by atoms with E-state index in [0.717, 1.165) is 9.13 Å². The van der Waals surface area contributed by atoms with E-state index >= 15 is 0 Å².